The van der Waals surface area contributed by atoms with Crippen LogP contribution in [0.1, 0.15) is 12.8 Å². The van der Waals surface area contributed by atoms with Crippen molar-refractivity contribution in [1.82, 2.24) is 5.32 Å². The quantitative estimate of drug-likeness (QED) is 0.643. The van der Waals surface area contributed by atoms with Gasteiger partial charge in [0.25, 0.3) is 5.69 Å². The van der Waals surface area contributed by atoms with Crippen LogP contribution in [-0.2, 0) is 4.79 Å². The highest BCUT2D eigenvalue weighted by Crippen LogP contribution is 2.27. The molecule has 2 N–H and O–H groups in total. The van der Waals surface area contributed by atoms with Crippen LogP contribution in [0, 0.1) is 10.1 Å². The van der Waals surface area contributed by atoms with Crippen LogP contribution in [-0.4, -0.2) is 23.4 Å². The molecule has 96 valence electrons. The number of carbonyl (C=O) groups excluding carboxylic acids is 1. The molecule has 1 amide bonds. The lowest BCUT2D eigenvalue weighted by Gasteiger charge is -2.07. The highest BCUT2D eigenvalue weighted by molar-refractivity contribution is 9.10. The third-order valence-electron chi connectivity index (χ3n) is 2.56. The van der Waals surface area contributed by atoms with Gasteiger partial charge >= 0.3 is 0 Å². The zero-order valence-electron chi connectivity index (χ0n) is 9.48. The average Bonchev–Trinajstić information content (AvgIpc) is 3.13. The number of amides is 1. The predicted octanol–water partition coefficient (Wildman–Crippen LogP) is 2.05. The molecule has 18 heavy (non-hydrogen) atoms. The zero-order valence-corrected chi connectivity index (χ0v) is 11.1. The standard InChI is InChI=1S/C11H12BrN3O3/c12-9-4-3-8(15(17)18)5-10(9)14-11(16)6-13-7-1-2-7/h3-5,7,13H,1-2,6H2,(H,14,16). The molecule has 0 aromatic heterocycles. The van der Waals surface area contributed by atoms with E-state index < -0.39 is 4.92 Å². The number of hydrogen-bond acceptors (Lipinski definition) is 4. The van der Waals surface area contributed by atoms with Crippen LogP contribution < -0.4 is 10.6 Å². The van der Waals surface area contributed by atoms with Gasteiger partial charge in [0.2, 0.25) is 5.91 Å². The van der Waals surface area contributed by atoms with Crippen LogP contribution in [0.25, 0.3) is 0 Å². The van der Waals surface area contributed by atoms with E-state index in [2.05, 4.69) is 26.6 Å². The Hall–Kier alpha value is -1.47. The molecule has 0 unspecified atom stereocenters. The largest absolute Gasteiger partial charge is 0.324 e. The van der Waals surface area contributed by atoms with E-state index in [1.54, 1.807) is 6.07 Å². The topological polar surface area (TPSA) is 84.3 Å². The molecule has 0 radical (unpaired) electrons. The van der Waals surface area contributed by atoms with E-state index in [9.17, 15) is 14.9 Å². The van der Waals surface area contributed by atoms with Gasteiger partial charge in [-0.25, -0.2) is 0 Å². The first-order chi connectivity index (χ1) is 8.56. The molecule has 0 bridgehead atoms. The van der Waals surface area contributed by atoms with E-state index in [1.807, 2.05) is 0 Å². The maximum atomic E-state index is 11.6. The Kier molecular flexibility index (Phi) is 3.93. The van der Waals surface area contributed by atoms with Gasteiger partial charge in [0, 0.05) is 22.6 Å². The molecule has 1 saturated carbocycles. The Bertz CT molecular complexity index is 488. The third-order valence-corrected chi connectivity index (χ3v) is 3.25. The van der Waals surface area contributed by atoms with Crippen molar-refractivity contribution in [3.8, 4) is 0 Å². The minimum Gasteiger partial charge on any atom is -0.324 e. The molecule has 1 aliphatic rings. The van der Waals surface area contributed by atoms with Crippen molar-refractivity contribution in [3.05, 3.63) is 32.8 Å². The summed E-state index contributed by atoms with van der Waals surface area (Å²) in [5.41, 5.74) is 0.357. The SMILES string of the molecule is O=C(CNC1CC1)Nc1cc([N+](=O)[O-])ccc1Br. The number of anilines is 1. The van der Waals surface area contributed by atoms with E-state index >= 15 is 0 Å². The maximum Gasteiger partial charge on any atom is 0.271 e. The fourth-order valence-electron chi connectivity index (χ4n) is 1.44. The molecule has 0 heterocycles. The number of non-ortho nitro benzene ring substituents is 1. The second-order valence-corrected chi connectivity index (χ2v) is 4.98. The number of nitrogens with zero attached hydrogens (tertiary/aromatic N) is 1. The lowest BCUT2D eigenvalue weighted by Crippen LogP contribution is -2.29. The molecule has 1 aromatic rings. The number of rotatable bonds is 5. The van der Waals surface area contributed by atoms with E-state index in [0.717, 1.165) is 12.8 Å². The summed E-state index contributed by atoms with van der Waals surface area (Å²) in [6, 6.07) is 4.70. The average molecular weight is 314 g/mol. The highest BCUT2D eigenvalue weighted by Gasteiger charge is 2.21. The molecule has 1 aliphatic carbocycles. The van der Waals surface area contributed by atoms with E-state index in [0.29, 0.717) is 16.2 Å². The van der Waals surface area contributed by atoms with Gasteiger partial charge in [-0.15, -0.1) is 0 Å². The molecule has 7 heteroatoms. The molecule has 2 rings (SSSR count). The summed E-state index contributed by atoms with van der Waals surface area (Å²) in [6.07, 6.45) is 2.21. The molecule has 1 fully saturated rings. The zero-order chi connectivity index (χ0) is 13.1. The van der Waals surface area contributed by atoms with Crippen LogP contribution in [0.4, 0.5) is 11.4 Å². The smallest absolute Gasteiger partial charge is 0.271 e. The van der Waals surface area contributed by atoms with Crippen LogP contribution in [0.5, 0.6) is 0 Å². The lowest BCUT2D eigenvalue weighted by molar-refractivity contribution is -0.384. The Morgan fingerprint density at radius 3 is 2.83 bits per heavy atom. The maximum absolute atomic E-state index is 11.6. The van der Waals surface area contributed by atoms with Crippen molar-refractivity contribution in [2.45, 2.75) is 18.9 Å². The van der Waals surface area contributed by atoms with Gasteiger partial charge in [-0.05, 0) is 34.8 Å². The molecule has 0 aliphatic heterocycles. The van der Waals surface area contributed by atoms with Crippen LogP contribution in [0.15, 0.2) is 22.7 Å². The number of nitro groups is 1. The van der Waals surface area contributed by atoms with Crippen molar-refractivity contribution in [1.29, 1.82) is 0 Å². The number of nitro benzene ring substituents is 1. The second kappa shape index (κ2) is 5.45. The fourth-order valence-corrected chi connectivity index (χ4v) is 1.79. The Labute approximate surface area is 112 Å². The summed E-state index contributed by atoms with van der Waals surface area (Å²) in [6.45, 7) is 0.222. The lowest BCUT2D eigenvalue weighted by atomic mass is 10.3. The molecule has 6 nitrogen and oxygen atoms in total. The van der Waals surface area contributed by atoms with Gasteiger partial charge in [-0.2, -0.15) is 0 Å². The Balaban J connectivity index is 1.99. The molecule has 0 atom stereocenters. The normalized spacial score (nSPS) is 14.3. The van der Waals surface area contributed by atoms with Gasteiger partial charge in [-0.1, -0.05) is 0 Å². The molecular weight excluding hydrogens is 302 g/mol. The number of benzene rings is 1. The van der Waals surface area contributed by atoms with Gasteiger partial charge in [-0.3, -0.25) is 14.9 Å². The van der Waals surface area contributed by atoms with Crippen LogP contribution >= 0.6 is 15.9 Å². The van der Waals surface area contributed by atoms with Crippen molar-refractivity contribution >= 4 is 33.2 Å². The van der Waals surface area contributed by atoms with Crippen LogP contribution in [0.2, 0.25) is 0 Å². The fraction of sp³-hybridized carbons (Fsp3) is 0.364. The monoisotopic (exact) mass is 313 g/mol. The molecule has 0 spiro atoms. The first-order valence-electron chi connectivity index (χ1n) is 5.53. The van der Waals surface area contributed by atoms with Gasteiger partial charge in [0.15, 0.2) is 0 Å². The third kappa shape index (κ3) is 3.51. The minimum absolute atomic E-state index is 0.0522. The first kappa shape index (κ1) is 13.0. The van der Waals surface area contributed by atoms with Crippen molar-refractivity contribution in [2.75, 3.05) is 11.9 Å². The van der Waals surface area contributed by atoms with E-state index in [-0.39, 0.29) is 18.1 Å². The number of halogens is 1. The van der Waals surface area contributed by atoms with Gasteiger partial charge in [0.1, 0.15) is 0 Å². The number of hydrogen-bond donors (Lipinski definition) is 2. The molecule has 1 aromatic carbocycles. The van der Waals surface area contributed by atoms with E-state index in [1.165, 1.54) is 12.1 Å². The Morgan fingerprint density at radius 1 is 1.50 bits per heavy atom. The van der Waals surface area contributed by atoms with Crippen LogP contribution in [0.3, 0.4) is 0 Å². The van der Waals surface area contributed by atoms with Gasteiger partial charge < -0.3 is 10.6 Å². The minimum atomic E-state index is -0.495. The molecule has 0 saturated heterocycles. The Morgan fingerprint density at radius 2 is 2.22 bits per heavy atom. The number of nitrogens with one attached hydrogen (secondary N) is 2. The van der Waals surface area contributed by atoms with Crippen molar-refractivity contribution < 1.29 is 9.72 Å². The first-order valence-corrected chi connectivity index (χ1v) is 6.33. The number of carbonyl (C=O) groups is 1. The summed E-state index contributed by atoms with van der Waals surface area (Å²) >= 11 is 3.24. The highest BCUT2D eigenvalue weighted by atomic mass is 79.9. The second-order valence-electron chi connectivity index (χ2n) is 4.12. The predicted molar refractivity (Wildman–Crippen MR) is 70.5 cm³/mol. The van der Waals surface area contributed by atoms with Gasteiger partial charge in [0.05, 0.1) is 17.2 Å². The summed E-state index contributed by atoms with van der Waals surface area (Å²) in [5.74, 6) is -0.205. The van der Waals surface area contributed by atoms with Crippen molar-refractivity contribution in [2.24, 2.45) is 0 Å². The van der Waals surface area contributed by atoms with Crippen molar-refractivity contribution in [3.63, 3.8) is 0 Å². The van der Waals surface area contributed by atoms with E-state index in [4.69, 9.17) is 0 Å². The summed E-state index contributed by atoms with van der Waals surface area (Å²) in [4.78, 5) is 21.8. The summed E-state index contributed by atoms with van der Waals surface area (Å²) in [5, 5.41) is 16.3. The molecular formula is C11H12BrN3O3. The summed E-state index contributed by atoms with van der Waals surface area (Å²) < 4.78 is 0.618. The summed E-state index contributed by atoms with van der Waals surface area (Å²) in [7, 11) is 0.